The third-order valence-electron chi connectivity index (χ3n) is 6.71. The largest absolute Gasteiger partial charge is 0.396 e. The van der Waals surface area contributed by atoms with Crippen molar-refractivity contribution >= 4 is 32.3 Å². The number of benzene rings is 2. The van der Waals surface area contributed by atoms with Gasteiger partial charge in [-0.3, -0.25) is 4.72 Å². The summed E-state index contributed by atoms with van der Waals surface area (Å²) in [7, 11) is -3.33. The number of hydrogen-bond acceptors (Lipinski definition) is 5. The van der Waals surface area contributed by atoms with Crippen LogP contribution in [0.2, 0.25) is 0 Å². The Balaban J connectivity index is 1.62. The van der Waals surface area contributed by atoms with E-state index in [-0.39, 0.29) is 5.75 Å². The number of fused-ring (bicyclic) bond motifs is 1. The summed E-state index contributed by atoms with van der Waals surface area (Å²) in [4.78, 5) is 0. The van der Waals surface area contributed by atoms with Crippen LogP contribution in [0.4, 0.5) is 11.4 Å². The molecule has 7 nitrogen and oxygen atoms in total. The molecule has 0 spiro atoms. The summed E-state index contributed by atoms with van der Waals surface area (Å²) in [6, 6.07) is 14.2. The third kappa shape index (κ3) is 3.86. The fourth-order valence-corrected chi connectivity index (χ4v) is 6.04. The molecule has 8 heteroatoms. The summed E-state index contributed by atoms with van der Waals surface area (Å²) in [5.74, 6) is 0.901. The van der Waals surface area contributed by atoms with Crippen LogP contribution in [0.25, 0.3) is 33.3 Å². The maximum atomic E-state index is 12.1. The first-order chi connectivity index (χ1) is 16.3. The zero-order valence-corrected chi connectivity index (χ0v) is 20.6. The van der Waals surface area contributed by atoms with Crippen LogP contribution in [0.1, 0.15) is 50.1 Å². The molecular weight excluding hydrogens is 448 g/mol. The SMILES string of the molecule is CCCS(=O)(=O)Nc1ccc(-c2c(N)c3ccc(-c4c(C)noc4C)cc3n2C2CCC2)cc1. The molecule has 5 rings (SSSR count). The number of aryl methyl sites for hydroxylation is 2. The number of anilines is 2. The third-order valence-corrected chi connectivity index (χ3v) is 8.20. The van der Waals surface area contributed by atoms with Crippen LogP contribution >= 0.6 is 0 Å². The van der Waals surface area contributed by atoms with E-state index in [0.717, 1.165) is 63.3 Å². The smallest absolute Gasteiger partial charge is 0.232 e. The molecule has 4 aromatic rings. The minimum atomic E-state index is -3.33. The van der Waals surface area contributed by atoms with Gasteiger partial charge in [-0.25, -0.2) is 8.42 Å². The molecule has 0 amide bonds. The molecule has 2 aromatic heterocycles. The van der Waals surface area contributed by atoms with Gasteiger partial charge in [0.05, 0.1) is 28.3 Å². The molecular formula is C26H30N4O3S. The predicted octanol–water partition coefficient (Wildman–Crippen LogP) is 6.04. The second kappa shape index (κ2) is 8.51. The first kappa shape index (κ1) is 22.5. The first-order valence-corrected chi connectivity index (χ1v) is 13.4. The highest BCUT2D eigenvalue weighted by molar-refractivity contribution is 7.92. The lowest BCUT2D eigenvalue weighted by atomic mass is 9.92. The summed E-state index contributed by atoms with van der Waals surface area (Å²) < 4.78 is 34.7. The van der Waals surface area contributed by atoms with Crippen LogP contribution in [0.3, 0.4) is 0 Å². The molecule has 0 radical (unpaired) electrons. The van der Waals surface area contributed by atoms with Gasteiger partial charge < -0.3 is 14.8 Å². The highest BCUT2D eigenvalue weighted by Crippen LogP contribution is 2.45. The maximum Gasteiger partial charge on any atom is 0.232 e. The maximum absolute atomic E-state index is 12.1. The summed E-state index contributed by atoms with van der Waals surface area (Å²) in [6.45, 7) is 5.74. The average Bonchev–Trinajstić information content (AvgIpc) is 3.23. The number of rotatable bonds is 7. The van der Waals surface area contributed by atoms with Gasteiger partial charge >= 0.3 is 0 Å². The standard InChI is InChI=1S/C26H30N4O3S/c1-4-14-34(31,32)29-20-11-8-18(9-12-20)26-25(27)22-13-10-19(24-16(2)28-33-17(24)3)15-23(22)30(26)21-6-5-7-21/h8-13,15,21,29H,4-7,14,27H2,1-3H3. The number of sulfonamides is 1. The van der Waals surface area contributed by atoms with Crippen molar-refractivity contribution in [3.63, 3.8) is 0 Å². The normalized spacial score (nSPS) is 14.4. The molecule has 1 fully saturated rings. The van der Waals surface area contributed by atoms with Crippen molar-refractivity contribution in [1.82, 2.24) is 9.72 Å². The fourth-order valence-electron chi connectivity index (χ4n) is 4.90. The van der Waals surface area contributed by atoms with Crippen molar-refractivity contribution in [3.8, 4) is 22.4 Å². The predicted molar refractivity (Wildman–Crippen MR) is 137 cm³/mol. The van der Waals surface area contributed by atoms with Crippen LogP contribution in [-0.4, -0.2) is 23.9 Å². The zero-order valence-electron chi connectivity index (χ0n) is 19.8. The minimum Gasteiger partial charge on any atom is -0.396 e. The van der Waals surface area contributed by atoms with Gasteiger partial charge in [0.1, 0.15) is 5.76 Å². The van der Waals surface area contributed by atoms with E-state index in [0.29, 0.717) is 18.2 Å². The molecule has 0 saturated heterocycles. The monoisotopic (exact) mass is 478 g/mol. The van der Waals surface area contributed by atoms with E-state index in [1.54, 1.807) is 12.1 Å². The van der Waals surface area contributed by atoms with Crippen molar-refractivity contribution in [2.45, 2.75) is 52.5 Å². The summed E-state index contributed by atoms with van der Waals surface area (Å²) in [5.41, 5.74) is 14.0. The molecule has 3 N–H and O–H groups in total. The van der Waals surface area contributed by atoms with Gasteiger partial charge in [-0.15, -0.1) is 0 Å². The lowest BCUT2D eigenvalue weighted by Crippen LogP contribution is -2.18. The molecule has 0 atom stereocenters. The zero-order chi connectivity index (χ0) is 24.0. The van der Waals surface area contributed by atoms with E-state index < -0.39 is 10.0 Å². The number of nitrogens with two attached hydrogens (primary N) is 1. The van der Waals surface area contributed by atoms with Crippen LogP contribution in [-0.2, 0) is 10.0 Å². The van der Waals surface area contributed by atoms with E-state index in [1.807, 2.05) is 32.9 Å². The lowest BCUT2D eigenvalue weighted by molar-refractivity contribution is 0.324. The molecule has 2 aromatic carbocycles. The number of nitrogens with one attached hydrogen (secondary N) is 1. The van der Waals surface area contributed by atoms with E-state index in [4.69, 9.17) is 10.3 Å². The number of hydrogen-bond donors (Lipinski definition) is 2. The van der Waals surface area contributed by atoms with Crippen molar-refractivity contribution in [2.75, 3.05) is 16.2 Å². The topological polar surface area (TPSA) is 103 Å². The highest BCUT2D eigenvalue weighted by Gasteiger charge is 2.27. The molecule has 178 valence electrons. The van der Waals surface area contributed by atoms with E-state index >= 15 is 0 Å². The highest BCUT2D eigenvalue weighted by atomic mass is 32.2. The van der Waals surface area contributed by atoms with Crippen molar-refractivity contribution in [1.29, 1.82) is 0 Å². The second-order valence-electron chi connectivity index (χ2n) is 9.15. The quantitative estimate of drug-likeness (QED) is 0.337. The Morgan fingerprint density at radius 2 is 1.82 bits per heavy atom. The van der Waals surface area contributed by atoms with Crippen LogP contribution in [0, 0.1) is 13.8 Å². The van der Waals surface area contributed by atoms with Crippen LogP contribution in [0.5, 0.6) is 0 Å². The molecule has 0 bridgehead atoms. The average molecular weight is 479 g/mol. The minimum absolute atomic E-state index is 0.102. The number of nitrogens with zero attached hydrogens (tertiary/aromatic N) is 2. The Hall–Kier alpha value is -3.26. The van der Waals surface area contributed by atoms with E-state index in [1.165, 1.54) is 6.42 Å². The summed E-state index contributed by atoms with van der Waals surface area (Å²) in [6.07, 6.45) is 3.99. The van der Waals surface area contributed by atoms with Gasteiger partial charge in [-0.1, -0.05) is 36.3 Å². The molecule has 1 saturated carbocycles. The molecule has 0 unspecified atom stereocenters. The van der Waals surface area contributed by atoms with Crippen molar-refractivity contribution in [2.24, 2.45) is 0 Å². The summed E-state index contributed by atoms with van der Waals surface area (Å²) in [5, 5.41) is 5.14. The Kier molecular flexibility index (Phi) is 5.64. The first-order valence-electron chi connectivity index (χ1n) is 11.8. The number of aromatic nitrogens is 2. The van der Waals surface area contributed by atoms with Gasteiger partial charge in [-0.05, 0) is 63.3 Å². The van der Waals surface area contributed by atoms with Crippen LogP contribution in [0.15, 0.2) is 47.0 Å². The lowest BCUT2D eigenvalue weighted by Gasteiger charge is -2.30. The van der Waals surface area contributed by atoms with E-state index in [9.17, 15) is 8.42 Å². The van der Waals surface area contributed by atoms with E-state index in [2.05, 4.69) is 32.6 Å². The number of nitrogen functional groups attached to an aromatic ring is 1. The Labute approximate surface area is 200 Å². The molecule has 2 heterocycles. The van der Waals surface area contributed by atoms with Crippen molar-refractivity contribution < 1.29 is 12.9 Å². The van der Waals surface area contributed by atoms with Gasteiger partial charge in [0.25, 0.3) is 0 Å². The van der Waals surface area contributed by atoms with Gasteiger partial charge in [0.15, 0.2) is 0 Å². The molecule has 1 aliphatic rings. The molecule has 34 heavy (non-hydrogen) atoms. The summed E-state index contributed by atoms with van der Waals surface area (Å²) >= 11 is 0. The van der Waals surface area contributed by atoms with Gasteiger partial charge in [0, 0.05) is 28.2 Å². The van der Waals surface area contributed by atoms with Crippen LogP contribution < -0.4 is 10.5 Å². The molecule has 1 aliphatic carbocycles. The Morgan fingerprint density at radius 3 is 2.41 bits per heavy atom. The Morgan fingerprint density at radius 1 is 1.12 bits per heavy atom. The second-order valence-corrected chi connectivity index (χ2v) is 11.0. The Bertz CT molecular complexity index is 1440. The van der Waals surface area contributed by atoms with Gasteiger partial charge in [0.2, 0.25) is 10.0 Å². The van der Waals surface area contributed by atoms with Crippen molar-refractivity contribution in [3.05, 3.63) is 53.9 Å². The molecule has 0 aliphatic heterocycles. The fraction of sp³-hybridized carbons (Fsp3) is 0.346. The van der Waals surface area contributed by atoms with Gasteiger partial charge in [-0.2, -0.15) is 0 Å².